The molecule has 0 aliphatic heterocycles. The number of hydrogen-bond donors (Lipinski definition) is 1. The summed E-state index contributed by atoms with van der Waals surface area (Å²) in [6.45, 7) is 3.31. The summed E-state index contributed by atoms with van der Waals surface area (Å²) >= 11 is 1.50. The van der Waals surface area contributed by atoms with Crippen LogP contribution in [0.5, 0.6) is 5.75 Å². The molecule has 0 saturated heterocycles. The Morgan fingerprint density at radius 2 is 2.04 bits per heavy atom. The first-order valence-electron chi connectivity index (χ1n) is 7.67. The van der Waals surface area contributed by atoms with Crippen LogP contribution in [-0.2, 0) is 16.0 Å². The molecule has 1 aromatic heterocycles. The van der Waals surface area contributed by atoms with Gasteiger partial charge in [-0.05, 0) is 43.2 Å². The summed E-state index contributed by atoms with van der Waals surface area (Å²) in [6.07, 6.45) is 0.802. The SMILES string of the molecule is CC/C(=N/NC(=O)Cc1csc(C)n1)c1ccc(OCC(=O)[O-])cc1. The zero-order valence-corrected chi connectivity index (χ0v) is 14.8. The number of rotatable bonds is 8. The summed E-state index contributed by atoms with van der Waals surface area (Å²) in [5.41, 5.74) is 4.78. The van der Waals surface area contributed by atoms with Gasteiger partial charge in [-0.1, -0.05) is 6.92 Å². The lowest BCUT2D eigenvalue weighted by Gasteiger charge is -2.08. The number of hydrazone groups is 1. The standard InChI is InChI=1S/C17H19N3O4S/c1-3-15(12-4-6-14(7-5-12)24-9-17(22)23)19-20-16(21)8-13-10-25-11(2)18-13/h4-7,10H,3,8-9H2,1-2H3,(H,20,21)(H,22,23)/p-1/b19-15-. The van der Waals surface area contributed by atoms with E-state index in [9.17, 15) is 14.7 Å². The predicted octanol–water partition coefficient (Wildman–Crippen LogP) is 1.05. The number of aryl methyl sites for hydroxylation is 1. The van der Waals surface area contributed by atoms with Gasteiger partial charge >= 0.3 is 0 Å². The third-order valence-electron chi connectivity index (χ3n) is 3.20. The van der Waals surface area contributed by atoms with Crippen LogP contribution in [0.4, 0.5) is 0 Å². The molecule has 1 N–H and O–H groups in total. The molecule has 0 spiro atoms. The van der Waals surface area contributed by atoms with Crippen LogP contribution in [0, 0.1) is 6.92 Å². The van der Waals surface area contributed by atoms with E-state index in [4.69, 9.17) is 4.74 Å². The van der Waals surface area contributed by atoms with E-state index in [0.29, 0.717) is 17.9 Å². The van der Waals surface area contributed by atoms with Gasteiger partial charge in [-0.25, -0.2) is 10.4 Å². The maximum Gasteiger partial charge on any atom is 0.246 e. The maximum absolute atomic E-state index is 11.9. The van der Waals surface area contributed by atoms with Crippen molar-refractivity contribution in [3.05, 3.63) is 45.9 Å². The van der Waals surface area contributed by atoms with Gasteiger partial charge < -0.3 is 14.6 Å². The zero-order chi connectivity index (χ0) is 18.2. The van der Waals surface area contributed by atoms with Crippen LogP contribution >= 0.6 is 11.3 Å². The number of carbonyl (C=O) groups is 2. The van der Waals surface area contributed by atoms with Crippen LogP contribution in [0.15, 0.2) is 34.7 Å². The van der Waals surface area contributed by atoms with Crippen molar-refractivity contribution >= 4 is 28.9 Å². The molecule has 2 aromatic rings. The largest absolute Gasteiger partial charge is 0.546 e. The number of nitrogens with zero attached hydrogens (tertiary/aromatic N) is 2. The number of amides is 1. The highest BCUT2D eigenvalue weighted by atomic mass is 32.1. The molecule has 0 radical (unpaired) electrons. The minimum absolute atomic E-state index is 0.181. The molecule has 0 unspecified atom stereocenters. The molecule has 0 fully saturated rings. The highest BCUT2D eigenvalue weighted by Gasteiger charge is 2.07. The number of aliphatic carboxylic acids is 1. The first-order valence-corrected chi connectivity index (χ1v) is 8.55. The van der Waals surface area contributed by atoms with E-state index in [1.807, 2.05) is 19.2 Å². The lowest BCUT2D eigenvalue weighted by molar-refractivity contribution is -0.307. The predicted molar refractivity (Wildman–Crippen MR) is 92.5 cm³/mol. The van der Waals surface area contributed by atoms with Crippen LogP contribution in [0.3, 0.4) is 0 Å². The molecule has 0 bridgehead atoms. The van der Waals surface area contributed by atoms with Crippen LogP contribution < -0.4 is 15.3 Å². The van der Waals surface area contributed by atoms with Crippen molar-refractivity contribution in [2.45, 2.75) is 26.7 Å². The maximum atomic E-state index is 11.9. The molecular weight excluding hydrogens is 342 g/mol. The van der Waals surface area contributed by atoms with Gasteiger partial charge in [0.15, 0.2) is 0 Å². The van der Waals surface area contributed by atoms with Crippen molar-refractivity contribution in [3.63, 3.8) is 0 Å². The molecule has 25 heavy (non-hydrogen) atoms. The summed E-state index contributed by atoms with van der Waals surface area (Å²) in [7, 11) is 0. The molecule has 0 aliphatic carbocycles. The van der Waals surface area contributed by atoms with Gasteiger partial charge in [0.1, 0.15) is 12.4 Å². The van der Waals surface area contributed by atoms with Crippen molar-refractivity contribution in [1.82, 2.24) is 10.4 Å². The van der Waals surface area contributed by atoms with E-state index in [0.717, 1.165) is 16.3 Å². The number of ether oxygens (including phenoxy) is 1. The van der Waals surface area contributed by atoms with E-state index in [-0.39, 0.29) is 12.3 Å². The molecule has 0 saturated carbocycles. The number of carboxylic acids is 1. The Kier molecular flexibility index (Phi) is 6.64. The average Bonchev–Trinajstić information content (AvgIpc) is 2.99. The minimum atomic E-state index is -1.28. The molecule has 8 heteroatoms. The summed E-state index contributed by atoms with van der Waals surface area (Å²) in [6, 6.07) is 6.79. The second-order valence-electron chi connectivity index (χ2n) is 5.17. The van der Waals surface area contributed by atoms with Crippen LogP contribution in [0.2, 0.25) is 0 Å². The van der Waals surface area contributed by atoms with E-state index >= 15 is 0 Å². The Labute approximate surface area is 149 Å². The monoisotopic (exact) mass is 360 g/mol. The third-order valence-corrected chi connectivity index (χ3v) is 4.03. The number of benzene rings is 1. The van der Waals surface area contributed by atoms with Gasteiger partial charge in [0.25, 0.3) is 0 Å². The minimum Gasteiger partial charge on any atom is -0.546 e. The summed E-state index contributed by atoms with van der Waals surface area (Å²) in [5, 5.41) is 17.3. The van der Waals surface area contributed by atoms with Gasteiger partial charge in [0.05, 0.1) is 28.8 Å². The molecule has 1 aromatic carbocycles. The van der Waals surface area contributed by atoms with E-state index in [2.05, 4.69) is 15.5 Å². The van der Waals surface area contributed by atoms with Crippen molar-refractivity contribution in [3.8, 4) is 5.75 Å². The highest BCUT2D eigenvalue weighted by molar-refractivity contribution is 7.09. The topological polar surface area (TPSA) is 104 Å². The first kappa shape index (κ1) is 18.6. The second-order valence-corrected chi connectivity index (χ2v) is 6.23. The van der Waals surface area contributed by atoms with E-state index in [1.165, 1.54) is 11.3 Å². The molecule has 7 nitrogen and oxygen atoms in total. The fraction of sp³-hybridized carbons (Fsp3) is 0.294. The molecule has 2 rings (SSSR count). The summed E-state index contributed by atoms with van der Waals surface area (Å²) in [5.74, 6) is -1.09. The molecule has 132 valence electrons. The van der Waals surface area contributed by atoms with Crippen molar-refractivity contribution in [2.24, 2.45) is 5.10 Å². The Balaban J connectivity index is 1.96. The average molecular weight is 360 g/mol. The Morgan fingerprint density at radius 3 is 2.60 bits per heavy atom. The molecule has 0 atom stereocenters. The second kappa shape index (κ2) is 8.93. The van der Waals surface area contributed by atoms with Gasteiger partial charge in [0.2, 0.25) is 5.91 Å². The number of aromatic nitrogens is 1. The number of hydrogen-bond acceptors (Lipinski definition) is 7. The molecule has 1 heterocycles. The number of carboxylic acid groups (broad SMARTS) is 1. The van der Waals surface area contributed by atoms with Gasteiger partial charge in [-0.15, -0.1) is 11.3 Å². The highest BCUT2D eigenvalue weighted by Crippen LogP contribution is 2.14. The summed E-state index contributed by atoms with van der Waals surface area (Å²) < 4.78 is 5.02. The van der Waals surface area contributed by atoms with Crippen LogP contribution in [0.1, 0.15) is 29.6 Å². The Bertz CT molecular complexity index is 768. The molecule has 1 amide bonds. The number of nitrogens with one attached hydrogen (secondary N) is 1. The van der Waals surface area contributed by atoms with Crippen LogP contribution in [0.25, 0.3) is 0 Å². The van der Waals surface area contributed by atoms with Gasteiger partial charge in [-0.3, -0.25) is 4.79 Å². The lowest BCUT2D eigenvalue weighted by Crippen LogP contribution is -2.28. The zero-order valence-electron chi connectivity index (χ0n) is 13.9. The fourth-order valence-electron chi connectivity index (χ4n) is 2.06. The lowest BCUT2D eigenvalue weighted by atomic mass is 10.1. The number of thiazole rings is 1. The van der Waals surface area contributed by atoms with Crippen molar-refractivity contribution < 1.29 is 19.4 Å². The van der Waals surface area contributed by atoms with Crippen LogP contribution in [-0.4, -0.2) is 29.2 Å². The molecule has 0 aliphatic rings. The van der Waals surface area contributed by atoms with Crippen molar-refractivity contribution in [2.75, 3.05) is 6.61 Å². The van der Waals surface area contributed by atoms with E-state index in [1.54, 1.807) is 24.3 Å². The Morgan fingerprint density at radius 1 is 1.32 bits per heavy atom. The third kappa shape index (κ3) is 6.00. The Hall–Kier alpha value is -2.74. The number of carbonyl (C=O) groups excluding carboxylic acids is 2. The van der Waals surface area contributed by atoms with Gasteiger partial charge in [-0.2, -0.15) is 5.10 Å². The van der Waals surface area contributed by atoms with Crippen molar-refractivity contribution in [1.29, 1.82) is 0 Å². The fourth-order valence-corrected chi connectivity index (χ4v) is 2.67. The molecular formula is C17H18N3O4S-. The summed E-state index contributed by atoms with van der Waals surface area (Å²) in [4.78, 5) is 26.6. The van der Waals surface area contributed by atoms with E-state index < -0.39 is 12.6 Å². The first-order chi connectivity index (χ1) is 12.0. The smallest absolute Gasteiger partial charge is 0.246 e. The normalized spacial score (nSPS) is 11.2. The quantitative estimate of drug-likeness (QED) is 0.560. The van der Waals surface area contributed by atoms with Gasteiger partial charge in [0, 0.05) is 5.38 Å².